The lowest BCUT2D eigenvalue weighted by Gasteiger charge is -2.37. The fourth-order valence-electron chi connectivity index (χ4n) is 2.51. The molecule has 2 unspecified atom stereocenters. The number of para-hydroxylation sites is 2. The van der Waals surface area contributed by atoms with Crippen molar-refractivity contribution in [3.63, 3.8) is 0 Å². The van der Waals surface area contributed by atoms with Crippen molar-refractivity contribution in [2.75, 3.05) is 13.1 Å². The molecule has 1 fully saturated rings. The summed E-state index contributed by atoms with van der Waals surface area (Å²) >= 11 is 0. The minimum atomic E-state index is -0.0379. The molecule has 1 N–H and O–H groups in total. The van der Waals surface area contributed by atoms with Gasteiger partial charge in [-0.2, -0.15) is 0 Å². The van der Waals surface area contributed by atoms with Crippen LogP contribution in [0.2, 0.25) is 0 Å². The van der Waals surface area contributed by atoms with Gasteiger partial charge in [0.05, 0.1) is 17.2 Å². The molecule has 1 saturated heterocycles. The molecule has 0 bridgehead atoms. The summed E-state index contributed by atoms with van der Waals surface area (Å²) < 4.78 is 0. The Labute approximate surface area is 118 Å². The molecule has 3 rings (SSSR count). The van der Waals surface area contributed by atoms with E-state index in [2.05, 4.69) is 22.2 Å². The molecule has 104 valence electrons. The first-order valence-electron chi connectivity index (χ1n) is 6.91. The second-order valence-electron chi connectivity index (χ2n) is 5.36. The van der Waals surface area contributed by atoms with Crippen molar-refractivity contribution >= 4 is 16.9 Å². The highest BCUT2D eigenvalue weighted by molar-refractivity contribution is 5.94. The van der Waals surface area contributed by atoms with Gasteiger partial charge in [0.1, 0.15) is 5.69 Å². The molecule has 1 amide bonds. The third-order valence-corrected chi connectivity index (χ3v) is 3.69. The average Bonchev–Trinajstić information content (AvgIpc) is 2.48. The second-order valence-corrected chi connectivity index (χ2v) is 5.36. The van der Waals surface area contributed by atoms with E-state index in [0.717, 1.165) is 17.6 Å². The molecule has 1 aromatic heterocycles. The molecule has 5 heteroatoms. The van der Waals surface area contributed by atoms with Crippen LogP contribution in [-0.2, 0) is 0 Å². The standard InChI is InChI=1S/C15H18N4O/c1-10-9-19(11(2)7-16-10)15(20)14-8-17-12-5-3-4-6-13(12)18-14/h3-6,8,10-11,16H,7,9H2,1-2H3. The number of nitrogens with zero attached hydrogens (tertiary/aromatic N) is 3. The first-order valence-corrected chi connectivity index (χ1v) is 6.91. The molecule has 1 aromatic carbocycles. The summed E-state index contributed by atoms with van der Waals surface area (Å²) in [5.74, 6) is -0.0379. The van der Waals surface area contributed by atoms with E-state index in [1.165, 1.54) is 0 Å². The maximum absolute atomic E-state index is 12.6. The molecule has 5 nitrogen and oxygen atoms in total. The molecule has 0 saturated carbocycles. The number of rotatable bonds is 1. The Morgan fingerprint density at radius 3 is 2.85 bits per heavy atom. The largest absolute Gasteiger partial charge is 0.332 e. The zero-order valence-electron chi connectivity index (χ0n) is 11.7. The van der Waals surface area contributed by atoms with Gasteiger partial charge in [0.25, 0.3) is 5.91 Å². The highest BCUT2D eigenvalue weighted by Crippen LogP contribution is 2.13. The van der Waals surface area contributed by atoms with Gasteiger partial charge in [-0.25, -0.2) is 4.98 Å². The van der Waals surface area contributed by atoms with Crippen molar-refractivity contribution in [1.29, 1.82) is 0 Å². The van der Waals surface area contributed by atoms with E-state index >= 15 is 0 Å². The zero-order chi connectivity index (χ0) is 14.1. The lowest BCUT2D eigenvalue weighted by atomic mass is 10.1. The molecule has 0 radical (unpaired) electrons. The smallest absolute Gasteiger partial charge is 0.274 e. The molecule has 2 aromatic rings. The number of hydrogen-bond donors (Lipinski definition) is 1. The van der Waals surface area contributed by atoms with Crippen molar-refractivity contribution in [2.45, 2.75) is 25.9 Å². The molecular formula is C15H18N4O. The number of hydrogen-bond acceptors (Lipinski definition) is 4. The number of amides is 1. The maximum Gasteiger partial charge on any atom is 0.274 e. The van der Waals surface area contributed by atoms with E-state index < -0.39 is 0 Å². The van der Waals surface area contributed by atoms with Gasteiger partial charge in [0.2, 0.25) is 0 Å². The zero-order valence-corrected chi connectivity index (χ0v) is 11.7. The first kappa shape index (κ1) is 13.0. The van der Waals surface area contributed by atoms with Crippen LogP contribution in [0.1, 0.15) is 24.3 Å². The number of nitrogens with one attached hydrogen (secondary N) is 1. The fraction of sp³-hybridized carbons (Fsp3) is 0.400. The van der Waals surface area contributed by atoms with Crippen LogP contribution in [0, 0.1) is 0 Å². The van der Waals surface area contributed by atoms with Gasteiger partial charge < -0.3 is 10.2 Å². The third-order valence-electron chi connectivity index (χ3n) is 3.69. The van der Waals surface area contributed by atoms with Crippen molar-refractivity contribution in [2.24, 2.45) is 0 Å². The van der Waals surface area contributed by atoms with Crippen LogP contribution in [0.15, 0.2) is 30.5 Å². The van der Waals surface area contributed by atoms with Crippen LogP contribution < -0.4 is 5.32 Å². The molecule has 20 heavy (non-hydrogen) atoms. The van der Waals surface area contributed by atoms with Crippen LogP contribution in [0.4, 0.5) is 0 Å². The predicted octanol–water partition coefficient (Wildman–Crippen LogP) is 1.45. The lowest BCUT2D eigenvalue weighted by molar-refractivity contribution is 0.0610. The molecule has 1 aliphatic rings. The highest BCUT2D eigenvalue weighted by atomic mass is 16.2. The van der Waals surface area contributed by atoms with Crippen molar-refractivity contribution in [3.05, 3.63) is 36.2 Å². The van der Waals surface area contributed by atoms with Crippen molar-refractivity contribution < 1.29 is 4.79 Å². The quantitative estimate of drug-likeness (QED) is 0.852. The SMILES string of the molecule is CC1CN(C(=O)c2cnc3ccccc3n2)C(C)CN1. The van der Waals surface area contributed by atoms with E-state index in [1.54, 1.807) is 6.20 Å². The Balaban J connectivity index is 1.91. The number of carbonyl (C=O) groups is 1. The Morgan fingerprint density at radius 1 is 1.30 bits per heavy atom. The van der Waals surface area contributed by atoms with Gasteiger partial charge in [0, 0.05) is 25.2 Å². The number of piperazine rings is 1. The Kier molecular flexibility index (Phi) is 3.36. The number of fused-ring (bicyclic) bond motifs is 1. The summed E-state index contributed by atoms with van der Waals surface area (Å²) in [6.45, 7) is 5.64. The van der Waals surface area contributed by atoms with Gasteiger partial charge >= 0.3 is 0 Å². The van der Waals surface area contributed by atoms with Crippen LogP contribution in [-0.4, -0.2) is 45.9 Å². The summed E-state index contributed by atoms with van der Waals surface area (Å²) in [4.78, 5) is 23.2. The van der Waals surface area contributed by atoms with E-state index in [4.69, 9.17) is 0 Å². The Morgan fingerprint density at radius 2 is 2.05 bits per heavy atom. The fourth-order valence-corrected chi connectivity index (χ4v) is 2.51. The van der Waals surface area contributed by atoms with Gasteiger partial charge in [0.15, 0.2) is 0 Å². The van der Waals surface area contributed by atoms with Gasteiger partial charge in [-0.1, -0.05) is 12.1 Å². The topological polar surface area (TPSA) is 58.1 Å². The summed E-state index contributed by atoms with van der Waals surface area (Å²) in [6.07, 6.45) is 1.57. The number of aromatic nitrogens is 2. The summed E-state index contributed by atoms with van der Waals surface area (Å²) in [7, 11) is 0. The molecule has 0 aliphatic carbocycles. The van der Waals surface area contributed by atoms with Crippen LogP contribution >= 0.6 is 0 Å². The average molecular weight is 270 g/mol. The maximum atomic E-state index is 12.6. The van der Waals surface area contributed by atoms with Crippen molar-refractivity contribution in [3.8, 4) is 0 Å². The first-order chi connectivity index (χ1) is 9.65. The van der Waals surface area contributed by atoms with Crippen LogP contribution in [0.25, 0.3) is 11.0 Å². The minimum absolute atomic E-state index is 0.0379. The van der Waals surface area contributed by atoms with E-state index in [9.17, 15) is 4.79 Å². The molecule has 0 spiro atoms. The summed E-state index contributed by atoms with van der Waals surface area (Å²) in [5, 5.41) is 3.37. The summed E-state index contributed by atoms with van der Waals surface area (Å²) in [5.41, 5.74) is 1.99. The van der Waals surface area contributed by atoms with E-state index in [1.807, 2.05) is 36.1 Å². The minimum Gasteiger partial charge on any atom is -0.332 e. The van der Waals surface area contributed by atoms with E-state index in [-0.39, 0.29) is 11.9 Å². The molecule has 1 aliphatic heterocycles. The predicted molar refractivity (Wildman–Crippen MR) is 77.5 cm³/mol. The summed E-state index contributed by atoms with van der Waals surface area (Å²) in [6, 6.07) is 8.07. The van der Waals surface area contributed by atoms with Crippen LogP contribution in [0.5, 0.6) is 0 Å². The monoisotopic (exact) mass is 270 g/mol. The van der Waals surface area contributed by atoms with Crippen molar-refractivity contribution in [1.82, 2.24) is 20.2 Å². The Bertz CT molecular complexity index is 643. The van der Waals surface area contributed by atoms with Gasteiger partial charge in [-0.15, -0.1) is 0 Å². The van der Waals surface area contributed by atoms with Gasteiger partial charge in [-0.3, -0.25) is 9.78 Å². The molecular weight excluding hydrogens is 252 g/mol. The number of carbonyl (C=O) groups excluding carboxylic acids is 1. The van der Waals surface area contributed by atoms with Crippen LogP contribution in [0.3, 0.4) is 0 Å². The molecule has 2 heterocycles. The Hall–Kier alpha value is -2.01. The highest BCUT2D eigenvalue weighted by Gasteiger charge is 2.28. The van der Waals surface area contributed by atoms with Gasteiger partial charge in [-0.05, 0) is 26.0 Å². The second kappa shape index (κ2) is 5.17. The van der Waals surface area contributed by atoms with E-state index in [0.29, 0.717) is 18.3 Å². The number of benzene rings is 1. The molecule has 2 atom stereocenters. The normalized spacial score (nSPS) is 23.0. The lowest BCUT2D eigenvalue weighted by Crippen LogP contribution is -2.56. The third kappa shape index (κ3) is 2.36.